The molecular weight excluding hydrogens is 356 g/mol. The summed E-state index contributed by atoms with van der Waals surface area (Å²) in [5.41, 5.74) is 9.95. The Bertz CT molecular complexity index is 1030. The molecule has 2 heterocycles. The van der Waals surface area contributed by atoms with E-state index in [4.69, 9.17) is 5.73 Å². The van der Waals surface area contributed by atoms with Crippen LogP contribution in [0.5, 0.6) is 0 Å². The van der Waals surface area contributed by atoms with Gasteiger partial charge in [-0.15, -0.1) is 5.10 Å². The number of primary amides is 1. The number of anilines is 1. The first-order valence-electron chi connectivity index (χ1n) is 9.21. The SMILES string of the molecule is CC1CNCCN1c1nn(NC(=O)c2ccccc2)c2ccc(C(N)=O)cc12. The van der Waals surface area contributed by atoms with Crippen molar-refractivity contribution in [3.8, 4) is 0 Å². The zero-order valence-corrected chi connectivity index (χ0v) is 15.6. The fraction of sp³-hybridized carbons (Fsp3) is 0.250. The molecule has 2 amide bonds. The molecule has 1 unspecified atom stereocenters. The van der Waals surface area contributed by atoms with Gasteiger partial charge in [-0.05, 0) is 37.3 Å². The lowest BCUT2D eigenvalue weighted by Crippen LogP contribution is -2.50. The highest BCUT2D eigenvalue weighted by atomic mass is 16.2. The molecule has 0 spiro atoms. The number of piperazine rings is 1. The second-order valence-electron chi connectivity index (χ2n) is 6.89. The van der Waals surface area contributed by atoms with Gasteiger partial charge < -0.3 is 16.0 Å². The number of benzene rings is 2. The van der Waals surface area contributed by atoms with E-state index in [0.717, 1.165) is 30.8 Å². The summed E-state index contributed by atoms with van der Waals surface area (Å²) >= 11 is 0. The van der Waals surface area contributed by atoms with E-state index in [1.807, 2.05) is 18.2 Å². The molecule has 1 fully saturated rings. The van der Waals surface area contributed by atoms with Crippen LogP contribution >= 0.6 is 0 Å². The van der Waals surface area contributed by atoms with Crippen molar-refractivity contribution in [3.05, 3.63) is 59.7 Å². The first kappa shape index (κ1) is 18.0. The standard InChI is InChI=1S/C20H22N6O2/c1-13-12-22-9-10-25(13)19-16-11-15(18(21)27)7-8-17(16)26(23-19)24-20(28)14-5-3-2-4-6-14/h2-8,11,13,22H,9-10,12H2,1H3,(H2,21,27)(H,24,28). The third-order valence-corrected chi connectivity index (χ3v) is 4.96. The lowest BCUT2D eigenvalue weighted by Gasteiger charge is -2.34. The summed E-state index contributed by atoms with van der Waals surface area (Å²) in [6, 6.07) is 14.3. The van der Waals surface area contributed by atoms with Crippen LogP contribution in [-0.2, 0) is 0 Å². The van der Waals surface area contributed by atoms with Crippen molar-refractivity contribution in [2.45, 2.75) is 13.0 Å². The lowest BCUT2D eigenvalue weighted by atomic mass is 10.1. The number of aromatic nitrogens is 2. The number of nitrogens with one attached hydrogen (secondary N) is 2. The van der Waals surface area contributed by atoms with E-state index in [-0.39, 0.29) is 11.9 Å². The van der Waals surface area contributed by atoms with Crippen LogP contribution in [0.4, 0.5) is 5.82 Å². The molecule has 1 aliphatic heterocycles. The number of carbonyl (C=O) groups is 2. The van der Waals surface area contributed by atoms with Gasteiger partial charge in [-0.2, -0.15) is 4.79 Å². The Morgan fingerprint density at radius 2 is 1.96 bits per heavy atom. The number of rotatable bonds is 4. The van der Waals surface area contributed by atoms with Crippen molar-refractivity contribution in [2.24, 2.45) is 5.73 Å². The summed E-state index contributed by atoms with van der Waals surface area (Å²) in [5, 5.41) is 8.79. The summed E-state index contributed by atoms with van der Waals surface area (Å²) in [6.07, 6.45) is 0. The smallest absolute Gasteiger partial charge is 0.271 e. The Hall–Kier alpha value is -3.39. The van der Waals surface area contributed by atoms with Gasteiger partial charge in [0.15, 0.2) is 5.82 Å². The van der Waals surface area contributed by atoms with Crippen molar-refractivity contribution in [2.75, 3.05) is 30.0 Å². The molecule has 4 N–H and O–H groups in total. The van der Waals surface area contributed by atoms with Crippen LogP contribution in [-0.4, -0.2) is 47.4 Å². The summed E-state index contributed by atoms with van der Waals surface area (Å²) in [5.74, 6) is -0.0355. The topological polar surface area (TPSA) is 105 Å². The van der Waals surface area contributed by atoms with Gasteiger partial charge >= 0.3 is 0 Å². The van der Waals surface area contributed by atoms with Crippen molar-refractivity contribution in [1.29, 1.82) is 0 Å². The molecule has 28 heavy (non-hydrogen) atoms. The van der Waals surface area contributed by atoms with Crippen LogP contribution in [0.15, 0.2) is 48.5 Å². The molecule has 0 aliphatic carbocycles. The average molecular weight is 378 g/mol. The van der Waals surface area contributed by atoms with E-state index in [9.17, 15) is 9.59 Å². The summed E-state index contributed by atoms with van der Waals surface area (Å²) in [7, 11) is 0. The maximum absolute atomic E-state index is 12.6. The Morgan fingerprint density at radius 1 is 1.18 bits per heavy atom. The van der Waals surface area contributed by atoms with Crippen LogP contribution in [0.3, 0.4) is 0 Å². The predicted molar refractivity (Wildman–Crippen MR) is 108 cm³/mol. The van der Waals surface area contributed by atoms with Gasteiger partial charge in [0, 0.05) is 42.2 Å². The third-order valence-electron chi connectivity index (χ3n) is 4.96. The molecule has 144 valence electrons. The van der Waals surface area contributed by atoms with Crippen LogP contribution in [0.25, 0.3) is 10.9 Å². The molecule has 8 nitrogen and oxygen atoms in total. The highest BCUT2D eigenvalue weighted by Gasteiger charge is 2.25. The minimum Gasteiger partial charge on any atom is -0.366 e. The zero-order chi connectivity index (χ0) is 19.7. The largest absolute Gasteiger partial charge is 0.366 e. The molecule has 0 radical (unpaired) electrons. The van der Waals surface area contributed by atoms with E-state index in [1.54, 1.807) is 30.3 Å². The first-order chi connectivity index (χ1) is 13.5. The van der Waals surface area contributed by atoms with E-state index in [0.29, 0.717) is 16.6 Å². The monoisotopic (exact) mass is 378 g/mol. The lowest BCUT2D eigenvalue weighted by molar-refractivity contribution is 0.0994. The number of nitrogens with two attached hydrogens (primary N) is 1. The molecule has 1 atom stereocenters. The summed E-state index contributed by atoms with van der Waals surface area (Å²) in [4.78, 5) is 27.9. The fourth-order valence-electron chi connectivity index (χ4n) is 3.46. The highest BCUT2D eigenvalue weighted by molar-refractivity contribution is 6.03. The Kier molecular flexibility index (Phi) is 4.70. The number of carbonyl (C=O) groups excluding carboxylic acids is 2. The summed E-state index contributed by atoms with van der Waals surface area (Å²) < 4.78 is 0. The Balaban J connectivity index is 1.78. The van der Waals surface area contributed by atoms with Crippen molar-refractivity contribution in [3.63, 3.8) is 0 Å². The van der Waals surface area contributed by atoms with Crippen molar-refractivity contribution in [1.82, 2.24) is 15.2 Å². The third kappa shape index (κ3) is 3.29. The van der Waals surface area contributed by atoms with Gasteiger partial charge in [-0.1, -0.05) is 18.2 Å². The van der Waals surface area contributed by atoms with Crippen LogP contribution in [0.1, 0.15) is 27.6 Å². The maximum atomic E-state index is 12.6. The van der Waals surface area contributed by atoms with Crippen LogP contribution in [0.2, 0.25) is 0 Å². The van der Waals surface area contributed by atoms with Gasteiger partial charge in [0.2, 0.25) is 5.91 Å². The Labute approximate surface area is 162 Å². The molecule has 0 saturated carbocycles. The van der Waals surface area contributed by atoms with Gasteiger partial charge in [-0.25, -0.2) is 5.43 Å². The summed E-state index contributed by atoms with van der Waals surface area (Å²) in [6.45, 7) is 4.56. The quantitative estimate of drug-likeness (QED) is 0.635. The Morgan fingerprint density at radius 3 is 2.68 bits per heavy atom. The predicted octanol–water partition coefficient (Wildman–Crippen LogP) is 1.32. The normalized spacial score (nSPS) is 16.9. The molecule has 0 bridgehead atoms. The highest BCUT2D eigenvalue weighted by Crippen LogP contribution is 2.28. The molecular formula is C20H22N6O2. The molecule has 2 aromatic carbocycles. The second-order valence-corrected chi connectivity index (χ2v) is 6.89. The van der Waals surface area contributed by atoms with Crippen molar-refractivity contribution >= 4 is 28.5 Å². The number of hydrogen-bond donors (Lipinski definition) is 3. The minimum atomic E-state index is -0.498. The molecule has 1 aromatic heterocycles. The van der Waals surface area contributed by atoms with Crippen molar-refractivity contribution < 1.29 is 9.59 Å². The number of fused-ring (bicyclic) bond motifs is 1. The van der Waals surface area contributed by atoms with E-state index in [1.165, 1.54) is 4.79 Å². The fourth-order valence-corrected chi connectivity index (χ4v) is 3.46. The van der Waals surface area contributed by atoms with Crippen LogP contribution in [0, 0.1) is 0 Å². The average Bonchev–Trinajstić information content (AvgIpc) is 3.06. The molecule has 3 aromatic rings. The minimum absolute atomic E-state index is 0.224. The molecule has 1 aliphatic rings. The number of nitrogens with zero attached hydrogens (tertiary/aromatic N) is 3. The van der Waals surface area contributed by atoms with Gasteiger partial charge in [0.1, 0.15) is 0 Å². The van der Waals surface area contributed by atoms with E-state index < -0.39 is 5.91 Å². The molecule has 1 saturated heterocycles. The van der Waals surface area contributed by atoms with Gasteiger partial charge in [-0.3, -0.25) is 9.59 Å². The number of amides is 2. The molecule has 8 heteroatoms. The van der Waals surface area contributed by atoms with Gasteiger partial charge in [0.25, 0.3) is 5.91 Å². The second kappa shape index (κ2) is 7.32. The van der Waals surface area contributed by atoms with E-state index >= 15 is 0 Å². The zero-order valence-electron chi connectivity index (χ0n) is 15.6. The number of hydrogen-bond acceptors (Lipinski definition) is 5. The first-order valence-corrected chi connectivity index (χ1v) is 9.21. The maximum Gasteiger partial charge on any atom is 0.271 e. The van der Waals surface area contributed by atoms with E-state index in [2.05, 4.69) is 27.7 Å². The van der Waals surface area contributed by atoms with Crippen LogP contribution < -0.4 is 21.4 Å². The van der Waals surface area contributed by atoms with Gasteiger partial charge in [0.05, 0.1) is 5.52 Å². The molecule has 4 rings (SSSR count).